The van der Waals surface area contributed by atoms with Crippen LogP contribution >= 0.6 is 0 Å². The second kappa shape index (κ2) is 6.50. The van der Waals surface area contributed by atoms with Crippen LogP contribution in [-0.2, 0) is 9.59 Å². The fourth-order valence-corrected chi connectivity index (χ4v) is 1.000. The molecule has 2 atom stereocenters. The van der Waals surface area contributed by atoms with Crippen LogP contribution in [0, 0.1) is 5.92 Å². The molecule has 5 nitrogen and oxygen atoms in total. The van der Waals surface area contributed by atoms with E-state index in [-0.39, 0.29) is 37.1 Å². The maximum Gasteiger partial charge on any atom is 0.223 e. The van der Waals surface area contributed by atoms with Gasteiger partial charge in [0.1, 0.15) is 5.78 Å². The number of Topliss-reactive ketones (excluding diaryl/α,β-unsaturated/α-hetero) is 1. The van der Waals surface area contributed by atoms with Crippen LogP contribution in [0.2, 0.25) is 0 Å². The molecule has 0 heterocycles. The number of nitrogens with two attached hydrogens (primary N) is 1. The van der Waals surface area contributed by atoms with Gasteiger partial charge in [0.15, 0.2) is 0 Å². The lowest BCUT2D eigenvalue weighted by Crippen LogP contribution is -2.38. The van der Waals surface area contributed by atoms with Gasteiger partial charge in [-0.3, -0.25) is 4.79 Å². The van der Waals surface area contributed by atoms with Crippen molar-refractivity contribution in [3.05, 3.63) is 0 Å². The zero-order chi connectivity index (χ0) is 11.1. The predicted molar refractivity (Wildman–Crippen MR) is 52.5 cm³/mol. The molecule has 0 aliphatic rings. The molecule has 0 saturated heterocycles. The summed E-state index contributed by atoms with van der Waals surface area (Å²) in [5, 5.41) is 11.6. The third-order valence-corrected chi connectivity index (χ3v) is 1.83. The number of carbonyl (C=O) groups is 2. The smallest absolute Gasteiger partial charge is 0.223 e. The lowest BCUT2D eigenvalue weighted by Gasteiger charge is -2.12. The van der Waals surface area contributed by atoms with E-state index in [2.05, 4.69) is 5.32 Å². The first kappa shape index (κ1) is 13.1. The maximum atomic E-state index is 11.3. The van der Waals surface area contributed by atoms with E-state index in [1.54, 1.807) is 6.92 Å². The van der Waals surface area contributed by atoms with Crippen molar-refractivity contribution >= 4 is 11.7 Å². The van der Waals surface area contributed by atoms with Crippen LogP contribution in [0.25, 0.3) is 0 Å². The lowest BCUT2D eigenvalue weighted by molar-refractivity contribution is -0.128. The van der Waals surface area contributed by atoms with Gasteiger partial charge in [0.05, 0.1) is 6.10 Å². The van der Waals surface area contributed by atoms with Crippen LogP contribution in [0.3, 0.4) is 0 Å². The Kier molecular flexibility index (Phi) is 6.07. The van der Waals surface area contributed by atoms with Crippen LogP contribution in [0.4, 0.5) is 0 Å². The van der Waals surface area contributed by atoms with Gasteiger partial charge >= 0.3 is 0 Å². The predicted octanol–water partition coefficient (Wildman–Crippen LogP) is -0.963. The summed E-state index contributed by atoms with van der Waals surface area (Å²) in [6.07, 6.45) is -0.492. The summed E-state index contributed by atoms with van der Waals surface area (Å²) in [6.45, 7) is 3.36. The molecule has 0 rings (SSSR count). The molecule has 0 aromatic rings. The minimum atomic E-state index is -0.719. The Hall–Kier alpha value is -0.940. The number of aliphatic hydroxyl groups is 1. The Labute approximate surface area is 83.7 Å². The van der Waals surface area contributed by atoms with Gasteiger partial charge in [0.2, 0.25) is 5.91 Å². The monoisotopic (exact) mass is 202 g/mol. The summed E-state index contributed by atoms with van der Waals surface area (Å²) in [7, 11) is 0. The summed E-state index contributed by atoms with van der Waals surface area (Å²) in [6, 6.07) is 0. The van der Waals surface area contributed by atoms with Crippen LogP contribution in [-0.4, -0.2) is 36.0 Å². The highest BCUT2D eigenvalue weighted by Crippen LogP contribution is 2.01. The van der Waals surface area contributed by atoms with Crippen molar-refractivity contribution in [3.63, 3.8) is 0 Å². The summed E-state index contributed by atoms with van der Waals surface area (Å²) in [5.74, 6) is -0.600. The Bertz CT molecular complexity index is 206. The summed E-state index contributed by atoms with van der Waals surface area (Å²) >= 11 is 0. The fraction of sp³-hybridized carbons (Fsp3) is 0.778. The van der Waals surface area contributed by atoms with E-state index in [4.69, 9.17) is 10.8 Å². The van der Waals surface area contributed by atoms with E-state index in [0.29, 0.717) is 0 Å². The van der Waals surface area contributed by atoms with E-state index in [9.17, 15) is 9.59 Å². The second-order valence-corrected chi connectivity index (χ2v) is 3.44. The third kappa shape index (κ3) is 5.66. The van der Waals surface area contributed by atoms with Gasteiger partial charge in [-0.15, -0.1) is 0 Å². The normalized spacial score (nSPS) is 14.6. The molecular formula is C9H18N2O3. The van der Waals surface area contributed by atoms with Crippen LogP contribution in [0.5, 0.6) is 0 Å². The van der Waals surface area contributed by atoms with Crippen molar-refractivity contribution in [2.24, 2.45) is 11.7 Å². The van der Waals surface area contributed by atoms with Crippen molar-refractivity contribution in [3.8, 4) is 0 Å². The van der Waals surface area contributed by atoms with Gasteiger partial charge in [0.25, 0.3) is 0 Å². The number of aliphatic hydroxyl groups excluding tert-OH is 1. The summed E-state index contributed by atoms with van der Waals surface area (Å²) in [5.41, 5.74) is 5.16. The molecule has 0 spiro atoms. The molecule has 0 aromatic carbocycles. The molecule has 0 saturated carbocycles. The number of amides is 1. The molecule has 5 heteroatoms. The van der Waals surface area contributed by atoms with E-state index >= 15 is 0 Å². The Morgan fingerprint density at radius 2 is 2.07 bits per heavy atom. The van der Waals surface area contributed by atoms with E-state index in [1.807, 2.05) is 0 Å². The quantitative estimate of drug-likeness (QED) is 0.517. The van der Waals surface area contributed by atoms with Gasteiger partial charge in [-0.2, -0.15) is 0 Å². The molecule has 14 heavy (non-hydrogen) atoms. The second-order valence-electron chi connectivity index (χ2n) is 3.44. The molecule has 0 aliphatic heterocycles. The Balaban J connectivity index is 3.78. The van der Waals surface area contributed by atoms with Crippen molar-refractivity contribution in [2.45, 2.75) is 26.4 Å². The average Bonchev–Trinajstić information content (AvgIpc) is 2.12. The number of ketones is 1. The number of carbonyl (C=O) groups excluding carboxylic acids is 2. The molecule has 0 fully saturated rings. The summed E-state index contributed by atoms with van der Waals surface area (Å²) in [4.78, 5) is 22.0. The molecule has 0 aromatic heterocycles. The first-order valence-electron chi connectivity index (χ1n) is 4.62. The number of hydrogen-bond donors (Lipinski definition) is 3. The number of hydrogen-bond acceptors (Lipinski definition) is 4. The minimum Gasteiger partial charge on any atom is -0.390 e. The number of rotatable bonds is 6. The highest BCUT2D eigenvalue weighted by Gasteiger charge is 2.15. The SMILES string of the molecule is CC(=O)CC(C)C(=O)NCC(O)CN. The largest absolute Gasteiger partial charge is 0.390 e. The molecule has 82 valence electrons. The van der Waals surface area contributed by atoms with Gasteiger partial charge in [-0.1, -0.05) is 6.92 Å². The molecule has 0 radical (unpaired) electrons. The number of nitrogens with one attached hydrogen (secondary N) is 1. The fourth-order valence-electron chi connectivity index (χ4n) is 1.000. The van der Waals surface area contributed by atoms with Crippen molar-refractivity contribution in [2.75, 3.05) is 13.1 Å². The highest BCUT2D eigenvalue weighted by molar-refractivity contribution is 5.85. The van der Waals surface area contributed by atoms with E-state index < -0.39 is 6.10 Å². The topological polar surface area (TPSA) is 92.4 Å². The minimum absolute atomic E-state index is 0.0213. The highest BCUT2D eigenvalue weighted by atomic mass is 16.3. The standard InChI is InChI=1S/C9H18N2O3/c1-6(3-7(2)12)9(14)11-5-8(13)4-10/h6,8,13H,3-5,10H2,1-2H3,(H,11,14). The lowest BCUT2D eigenvalue weighted by atomic mass is 10.0. The first-order chi connectivity index (χ1) is 6.47. The Morgan fingerprint density at radius 1 is 1.50 bits per heavy atom. The van der Waals surface area contributed by atoms with Crippen molar-refractivity contribution in [1.29, 1.82) is 0 Å². The van der Waals surface area contributed by atoms with Gasteiger partial charge in [-0.25, -0.2) is 0 Å². The van der Waals surface area contributed by atoms with Crippen LogP contribution in [0.15, 0.2) is 0 Å². The molecule has 0 bridgehead atoms. The molecule has 2 unspecified atom stereocenters. The van der Waals surface area contributed by atoms with E-state index in [0.717, 1.165) is 0 Å². The van der Waals surface area contributed by atoms with Crippen molar-refractivity contribution < 1.29 is 14.7 Å². The summed E-state index contributed by atoms with van der Waals surface area (Å²) < 4.78 is 0. The Morgan fingerprint density at radius 3 is 2.50 bits per heavy atom. The molecule has 0 aliphatic carbocycles. The van der Waals surface area contributed by atoms with Crippen LogP contribution in [0.1, 0.15) is 20.3 Å². The molecule has 1 amide bonds. The first-order valence-corrected chi connectivity index (χ1v) is 4.62. The molecular weight excluding hydrogens is 184 g/mol. The zero-order valence-electron chi connectivity index (χ0n) is 8.62. The van der Waals surface area contributed by atoms with Crippen molar-refractivity contribution in [1.82, 2.24) is 5.32 Å². The van der Waals surface area contributed by atoms with Gasteiger partial charge < -0.3 is 21.0 Å². The van der Waals surface area contributed by atoms with E-state index in [1.165, 1.54) is 6.92 Å². The third-order valence-electron chi connectivity index (χ3n) is 1.83. The van der Waals surface area contributed by atoms with Crippen LogP contribution < -0.4 is 11.1 Å². The zero-order valence-corrected chi connectivity index (χ0v) is 8.62. The maximum absolute atomic E-state index is 11.3. The van der Waals surface area contributed by atoms with Gasteiger partial charge in [-0.05, 0) is 6.92 Å². The average molecular weight is 202 g/mol. The molecule has 4 N–H and O–H groups in total. The van der Waals surface area contributed by atoms with Gasteiger partial charge in [0, 0.05) is 25.4 Å².